The minimum absolute atomic E-state index is 0.158. The topological polar surface area (TPSA) is 43.4 Å². The van der Waals surface area contributed by atoms with Crippen molar-refractivity contribution >= 4 is 11.6 Å². The van der Waals surface area contributed by atoms with Gasteiger partial charge in [-0.15, -0.1) is 0 Å². The molecule has 0 aromatic carbocycles. The molecule has 0 bridgehead atoms. The van der Waals surface area contributed by atoms with Crippen LogP contribution in [0.5, 0.6) is 0 Å². The van der Waals surface area contributed by atoms with Crippen molar-refractivity contribution < 1.29 is 14.3 Å². The molecule has 1 aliphatic carbocycles. The van der Waals surface area contributed by atoms with E-state index in [4.69, 9.17) is 4.74 Å². The average Bonchev–Trinajstić information content (AvgIpc) is 2.30. The predicted octanol–water partition coefficient (Wildman–Crippen LogP) is 1.74. The second-order valence-corrected chi connectivity index (χ2v) is 4.60. The minimum Gasteiger partial charge on any atom is -0.381 e. The zero-order chi connectivity index (χ0) is 10.7. The Balaban J connectivity index is 1.86. The summed E-state index contributed by atoms with van der Waals surface area (Å²) in [5.41, 5.74) is 0. The maximum Gasteiger partial charge on any atom is 0.139 e. The van der Waals surface area contributed by atoms with Gasteiger partial charge in [0.25, 0.3) is 0 Å². The molecule has 2 rings (SSSR count). The maximum absolute atomic E-state index is 12.1. The molecule has 2 fully saturated rings. The first kappa shape index (κ1) is 10.8. The third kappa shape index (κ3) is 2.65. The molecule has 0 spiro atoms. The lowest BCUT2D eigenvalue weighted by molar-refractivity contribution is -0.132. The molecule has 0 aromatic rings. The van der Waals surface area contributed by atoms with E-state index in [1.54, 1.807) is 0 Å². The minimum atomic E-state index is 0.158. The summed E-state index contributed by atoms with van der Waals surface area (Å²) in [4.78, 5) is 23.2. The molecular formula is C12H18O3. The molecule has 0 radical (unpaired) electrons. The molecule has 0 aromatic heterocycles. The van der Waals surface area contributed by atoms with Gasteiger partial charge in [-0.3, -0.25) is 9.59 Å². The van der Waals surface area contributed by atoms with Crippen LogP contribution in [0.2, 0.25) is 0 Å². The van der Waals surface area contributed by atoms with E-state index in [0.717, 1.165) is 38.9 Å². The summed E-state index contributed by atoms with van der Waals surface area (Å²) in [5, 5.41) is 0. The number of hydrogen-bond donors (Lipinski definition) is 0. The number of ketones is 2. The molecule has 0 N–H and O–H groups in total. The number of carbonyl (C=O) groups is 2. The quantitative estimate of drug-likeness (QED) is 0.697. The van der Waals surface area contributed by atoms with Gasteiger partial charge in [0.1, 0.15) is 11.6 Å². The average molecular weight is 210 g/mol. The van der Waals surface area contributed by atoms with Crippen molar-refractivity contribution in [3.05, 3.63) is 0 Å². The van der Waals surface area contributed by atoms with Crippen LogP contribution in [0, 0.1) is 11.8 Å². The Morgan fingerprint density at radius 1 is 1.00 bits per heavy atom. The molecule has 0 unspecified atom stereocenters. The highest BCUT2D eigenvalue weighted by Gasteiger charge is 2.30. The van der Waals surface area contributed by atoms with Crippen molar-refractivity contribution in [2.45, 2.75) is 38.5 Å². The van der Waals surface area contributed by atoms with Crippen molar-refractivity contribution in [3.63, 3.8) is 0 Å². The van der Waals surface area contributed by atoms with Crippen LogP contribution >= 0.6 is 0 Å². The third-order valence-electron chi connectivity index (χ3n) is 3.57. The lowest BCUT2D eigenvalue weighted by atomic mass is 9.79. The highest BCUT2D eigenvalue weighted by Crippen LogP contribution is 2.28. The summed E-state index contributed by atoms with van der Waals surface area (Å²) in [6.45, 7) is 1.45. The van der Waals surface area contributed by atoms with E-state index in [-0.39, 0.29) is 11.8 Å². The van der Waals surface area contributed by atoms with Gasteiger partial charge < -0.3 is 4.74 Å². The number of hydrogen-bond acceptors (Lipinski definition) is 3. The summed E-state index contributed by atoms with van der Waals surface area (Å²) in [5.74, 6) is 1.08. The van der Waals surface area contributed by atoms with Crippen LogP contribution in [0.1, 0.15) is 38.5 Å². The second-order valence-electron chi connectivity index (χ2n) is 4.60. The van der Waals surface area contributed by atoms with Gasteiger partial charge in [-0.25, -0.2) is 0 Å². The molecule has 1 saturated carbocycles. The first-order valence-electron chi connectivity index (χ1n) is 5.90. The van der Waals surface area contributed by atoms with E-state index in [9.17, 15) is 9.59 Å². The second kappa shape index (κ2) is 4.88. The summed E-state index contributed by atoms with van der Waals surface area (Å²) in [7, 11) is 0. The van der Waals surface area contributed by atoms with Crippen LogP contribution in [0.15, 0.2) is 0 Å². The molecule has 3 heteroatoms. The summed E-state index contributed by atoms with van der Waals surface area (Å²) in [6, 6.07) is 0. The fraction of sp³-hybridized carbons (Fsp3) is 0.833. The number of carbonyl (C=O) groups excluding carboxylic acids is 2. The van der Waals surface area contributed by atoms with Crippen molar-refractivity contribution in [3.8, 4) is 0 Å². The molecule has 1 saturated heterocycles. The highest BCUT2D eigenvalue weighted by molar-refractivity contribution is 5.87. The van der Waals surface area contributed by atoms with Crippen LogP contribution < -0.4 is 0 Å². The first-order valence-corrected chi connectivity index (χ1v) is 5.90. The van der Waals surface area contributed by atoms with Gasteiger partial charge in [-0.1, -0.05) is 0 Å². The van der Waals surface area contributed by atoms with Crippen LogP contribution in [-0.2, 0) is 14.3 Å². The fourth-order valence-corrected chi connectivity index (χ4v) is 2.54. The summed E-state index contributed by atoms with van der Waals surface area (Å²) in [6.07, 6.45) is 4.55. The molecule has 84 valence electrons. The normalized spacial score (nSPS) is 25.5. The van der Waals surface area contributed by atoms with Gasteiger partial charge in [-0.05, 0) is 25.7 Å². The zero-order valence-corrected chi connectivity index (χ0v) is 9.04. The summed E-state index contributed by atoms with van der Waals surface area (Å²) < 4.78 is 5.25. The van der Waals surface area contributed by atoms with Gasteiger partial charge in [0, 0.05) is 37.9 Å². The zero-order valence-electron chi connectivity index (χ0n) is 9.04. The Bertz CT molecular complexity index is 244. The van der Waals surface area contributed by atoms with Crippen molar-refractivity contribution in [2.24, 2.45) is 11.8 Å². The molecule has 0 amide bonds. The van der Waals surface area contributed by atoms with Gasteiger partial charge >= 0.3 is 0 Å². The number of Topliss-reactive ketones (excluding diaryl/α,β-unsaturated/α-hetero) is 2. The molecule has 3 nitrogen and oxygen atoms in total. The molecule has 1 aliphatic heterocycles. The Morgan fingerprint density at radius 2 is 1.53 bits per heavy atom. The van der Waals surface area contributed by atoms with E-state index >= 15 is 0 Å². The standard InChI is InChI=1S/C12H18O3/c13-11-3-1-9(2-4-11)12(14)10-5-7-15-8-6-10/h9-10H,1-8H2. The van der Waals surface area contributed by atoms with E-state index in [1.807, 2.05) is 0 Å². The van der Waals surface area contributed by atoms with Gasteiger partial charge in [0.05, 0.1) is 0 Å². The molecular weight excluding hydrogens is 192 g/mol. The molecule has 1 heterocycles. The molecule has 15 heavy (non-hydrogen) atoms. The van der Waals surface area contributed by atoms with Gasteiger partial charge in [0.2, 0.25) is 0 Å². The predicted molar refractivity (Wildman–Crippen MR) is 55.5 cm³/mol. The lowest BCUT2D eigenvalue weighted by Crippen LogP contribution is -2.31. The van der Waals surface area contributed by atoms with Crippen LogP contribution in [0.4, 0.5) is 0 Å². The van der Waals surface area contributed by atoms with E-state index in [1.165, 1.54) is 0 Å². The van der Waals surface area contributed by atoms with E-state index < -0.39 is 0 Å². The smallest absolute Gasteiger partial charge is 0.139 e. The first-order chi connectivity index (χ1) is 7.27. The Labute approximate surface area is 90.2 Å². The van der Waals surface area contributed by atoms with Crippen molar-refractivity contribution in [1.29, 1.82) is 0 Å². The largest absolute Gasteiger partial charge is 0.381 e. The third-order valence-corrected chi connectivity index (χ3v) is 3.57. The monoisotopic (exact) mass is 210 g/mol. The van der Waals surface area contributed by atoms with Crippen molar-refractivity contribution in [1.82, 2.24) is 0 Å². The number of rotatable bonds is 2. The Morgan fingerprint density at radius 3 is 2.13 bits per heavy atom. The highest BCUT2D eigenvalue weighted by atomic mass is 16.5. The van der Waals surface area contributed by atoms with Gasteiger partial charge in [-0.2, -0.15) is 0 Å². The van der Waals surface area contributed by atoms with E-state index in [0.29, 0.717) is 24.4 Å². The fourth-order valence-electron chi connectivity index (χ4n) is 2.54. The van der Waals surface area contributed by atoms with Crippen LogP contribution in [-0.4, -0.2) is 24.8 Å². The van der Waals surface area contributed by atoms with Crippen LogP contribution in [0.3, 0.4) is 0 Å². The Hall–Kier alpha value is -0.700. The van der Waals surface area contributed by atoms with E-state index in [2.05, 4.69) is 0 Å². The molecule has 2 aliphatic rings. The SMILES string of the molecule is O=C1CCC(C(=O)C2CCOCC2)CC1. The van der Waals surface area contributed by atoms with Crippen molar-refractivity contribution in [2.75, 3.05) is 13.2 Å². The lowest BCUT2D eigenvalue weighted by Gasteiger charge is -2.27. The number of ether oxygens (including phenoxy) is 1. The summed E-state index contributed by atoms with van der Waals surface area (Å²) >= 11 is 0. The van der Waals surface area contributed by atoms with Gasteiger partial charge in [0.15, 0.2) is 0 Å². The van der Waals surface area contributed by atoms with Crippen LogP contribution in [0.25, 0.3) is 0 Å². The maximum atomic E-state index is 12.1. The molecule has 0 atom stereocenters. The Kier molecular flexibility index (Phi) is 3.52.